The van der Waals surface area contributed by atoms with Gasteiger partial charge in [-0.15, -0.1) is 0 Å². The van der Waals surface area contributed by atoms with Crippen LogP contribution in [0.25, 0.3) is 0 Å². The Bertz CT molecular complexity index is 904. The summed E-state index contributed by atoms with van der Waals surface area (Å²) < 4.78 is 6.73. The number of carbonyl (C=O) groups excluding carboxylic acids is 1. The maximum Gasteiger partial charge on any atom is 0.253 e. The van der Waals surface area contributed by atoms with E-state index in [-0.39, 0.29) is 11.8 Å². The van der Waals surface area contributed by atoms with Crippen LogP contribution >= 0.6 is 11.8 Å². The number of benzene rings is 1. The minimum atomic E-state index is -0.127. The Morgan fingerprint density at radius 1 is 1.38 bits per heavy atom. The number of carbonyl (C=O) groups is 1. The SMILES string of the molecule is CC(C)c1cc(N(Cl)c2ccccc2C#N)ncc1C(=O)NCC1CCOCC1. The highest BCUT2D eigenvalue weighted by molar-refractivity contribution is 6.29. The molecule has 2 heterocycles. The predicted molar refractivity (Wildman–Crippen MR) is 113 cm³/mol. The van der Waals surface area contributed by atoms with Gasteiger partial charge in [0.15, 0.2) is 0 Å². The maximum atomic E-state index is 12.8. The van der Waals surface area contributed by atoms with Crippen LogP contribution in [0.15, 0.2) is 36.5 Å². The van der Waals surface area contributed by atoms with Crippen molar-refractivity contribution in [1.82, 2.24) is 10.3 Å². The smallest absolute Gasteiger partial charge is 0.253 e. The van der Waals surface area contributed by atoms with Gasteiger partial charge < -0.3 is 10.1 Å². The van der Waals surface area contributed by atoms with Gasteiger partial charge in [-0.25, -0.2) is 9.40 Å². The third-order valence-corrected chi connectivity index (χ3v) is 5.47. The highest BCUT2D eigenvalue weighted by Crippen LogP contribution is 2.32. The van der Waals surface area contributed by atoms with E-state index < -0.39 is 0 Å². The van der Waals surface area contributed by atoms with Gasteiger partial charge in [0.2, 0.25) is 0 Å². The van der Waals surface area contributed by atoms with E-state index in [0.29, 0.717) is 35.1 Å². The second-order valence-electron chi connectivity index (χ2n) is 7.46. The van der Waals surface area contributed by atoms with Crippen LogP contribution in [0.5, 0.6) is 0 Å². The van der Waals surface area contributed by atoms with Crippen molar-refractivity contribution in [2.45, 2.75) is 32.6 Å². The van der Waals surface area contributed by atoms with Crippen molar-refractivity contribution in [2.24, 2.45) is 5.92 Å². The summed E-state index contributed by atoms with van der Waals surface area (Å²) in [5.74, 6) is 0.900. The molecule has 7 heteroatoms. The number of nitrogens with one attached hydrogen (secondary N) is 1. The van der Waals surface area contributed by atoms with Crippen LogP contribution < -0.4 is 9.74 Å². The van der Waals surface area contributed by atoms with Gasteiger partial charge in [-0.05, 0) is 48.4 Å². The van der Waals surface area contributed by atoms with Crippen LogP contribution in [0.4, 0.5) is 11.5 Å². The van der Waals surface area contributed by atoms with Gasteiger partial charge in [-0.2, -0.15) is 5.26 Å². The quantitative estimate of drug-likeness (QED) is 0.705. The fraction of sp³-hybridized carbons (Fsp3) is 0.409. The fourth-order valence-corrected chi connectivity index (χ4v) is 3.62. The molecule has 1 N–H and O–H groups in total. The molecule has 152 valence electrons. The predicted octanol–water partition coefficient (Wildman–Crippen LogP) is 4.52. The van der Waals surface area contributed by atoms with E-state index >= 15 is 0 Å². The third-order valence-electron chi connectivity index (χ3n) is 5.12. The zero-order valence-electron chi connectivity index (χ0n) is 16.7. The molecule has 1 aliphatic heterocycles. The molecule has 0 saturated carbocycles. The number of ether oxygens (including phenoxy) is 1. The summed E-state index contributed by atoms with van der Waals surface area (Å²) in [6.45, 7) is 6.19. The van der Waals surface area contributed by atoms with E-state index in [9.17, 15) is 10.1 Å². The standard InChI is InChI=1S/C22H25ClN4O2/c1-15(2)18-11-21(27(23)20-6-4-3-5-17(20)12-24)25-14-19(18)22(28)26-13-16-7-9-29-10-8-16/h3-6,11,14-16H,7-10,13H2,1-2H3,(H,26,28). The molecule has 0 radical (unpaired) electrons. The van der Waals surface area contributed by atoms with E-state index in [2.05, 4.69) is 16.4 Å². The molecule has 0 atom stereocenters. The molecule has 29 heavy (non-hydrogen) atoms. The first-order chi connectivity index (χ1) is 14.0. The van der Waals surface area contributed by atoms with Gasteiger partial charge in [0.1, 0.15) is 11.9 Å². The molecule has 1 fully saturated rings. The number of aromatic nitrogens is 1. The van der Waals surface area contributed by atoms with Crippen LogP contribution in [0.2, 0.25) is 0 Å². The van der Waals surface area contributed by atoms with Crippen molar-refractivity contribution < 1.29 is 9.53 Å². The summed E-state index contributed by atoms with van der Waals surface area (Å²) in [6.07, 6.45) is 3.50. The number of hydrogen-bond donors (Lipinski definition) is 1. The molecule has 0 unspecified atom stereocenters. The molecule has 0 aliphatic carbocycles. The molecule has 1 aromatic carbocycles. The molecule has 1 aliphatic rings. The van der Waals surface area contributed by atoms with Crippen LogP contribution in [0.3, 0.4) is 0 Å². The molecule has 0 spiro atoms. The summed E-state index contributed by atoms with van der Waals surface area (Å²) in [6, 6.07) is 11.0. The Balaban J connectivity index is 1.81. The highest BCUT2D eigenvalue weighted by Gasteiger charge is 2.21. The van der Waals surface area contributed by atoms with Crippen molar-refractivity contribution in [3.8, 4) is 6.07 Å². The maximum absolute atomic E-state index is 12.8. The van der Waals surface area contributed by atoms with Gasteiger partial charge in [0, 0.05) is 37.7 Å². The Labute approximate surface area is 176 Å². The molecule has 1 aromatic heterocycles. The molecule has 2 aromatic rings. The van der Waals surface area contributed by atoms with Crippen LogP contribution in [0.1, 0.15) is 54.1 Å². The number of nitrogens with zero attached hydrogens (tertiary/aromatic N) is 3. The zero-order valence-corrected chi connectivity index (χ0v) is 17.4. The number of hydrogen-bond acceptors (Lipinski definition) is 5. The normalized spacial score (nSPS) is 14.4. The van der Waals surface area contributed by atoms with Gasteiger partial charge in [0.05, 0.1) is 16.8 Å². The summed E-state index contributed by atoms with van der Waals surface area (Å²) in [5, 5.41) is 12.4. The second kappa shape index (κ2) is 9.73. The van der Waals surface area contributed by atoms with E-state index in [1.54, 1.807) is 24.4 Å². The van der Waals surface area contributed by atoms with Gasteiger partial charge in [0.25, 0.3) is 5.91 Å². The summed E-state index contributed by atoms with van der Waals surface area (Å²) in [4.78, 5) is 17.2. The Morgan fingerprint density at radius 2 is 2.10 bits per heavy atom. The average molecular weight is 413 g/mol. The molecule has 6 nitrogen and oxygen atoms in total. The van der Waals surface area contributed by atoms with E-state index in [4.69, 9.17) is 16.5 Å². The Hall–Kier alpha value is -2.62. The van der Waals surface area contributed by atoms with Crippen LogP contribution in [-0.2, 0) is 4.74 Å². The van der Waals surface area contributed by atoms with Crippen LogP contribution in [-0.4, -0.2) is 30.6 Å². The van der Waals surface area contributed by atoms with Crippen molar-refractivity contribution >= 4 is 29.2 Å². The lowest BCUT2D eigenvalue weighted by Crippen LogP contribution is -2.32. The molecular formula is C22H25ClN4O2. The van der Waals surface area contributed by atoms with Crippen molar-refractivity contribution in [2.75, 3.05) is 24.2 Å². The molecule has 1 amide bonds. The molecule has 0 bridgehead atoms. The highest BCUT2D eigenvalue weighted by atomic mass is 35.5. The van der Waals surface area contributed by atoms with Gasteiger partial charge in [-0.1, -0.05) is 26.0 Å². The number of pyridine rings is 1. The number of rotatable bonds is 6. The average Bonchev–Trinajstić information content (AvgIpc) is 2.77. The van der Waals surface area contributed by atoms with E-state index in [0.717, 1.165) is 31.6 Å². The summed E-state index contributed by atoms with van der Waals surface area (Å²) in [7, 11) is 0. The van der Waals surface area contributed by atoms with Gasteiger partial charge in [-0.3, -0.25) is 4.79 Å². The third kappa shape index (κ3) is 5.06. The monoisotopic (exact) mass is 412 g/mol. The van der Waals surface area contributed by atoms with Crippen molar-refractivity contribution in [3.63, 3.8) is 0 Å². The minimum absolute atomic E-state index is 0.108. The largest absolute Gasteiger partial charge is 0.381 e. The number of para-hydroxylation sites is 1. The lowest BCUT2D eigenvalue weighted by Gasteiger charge is -2.23. The Kier molecular flexibility index (Phi) is 7.08. The number of amides is 1. The second-order valence-corrected chi connectivity index (χ2v) is 7.80. The molecule has 1 saturated heterocycles. The first-order valence-electron chi connectivity index (χ1n) is 9.82. The first kappa shape index (κ1) is 21.1. The topological polar surface area (TPSA) is 78.2 Å². The Morgan fingerprint density at radius 3 is 2.79 bits per heavy atom. The molecular weight excluding hydrogens is 388 g/mol. The van der Waals surface area contributed by atoms with E-state index in [1.165, 1.54) is 4.42 Å². The number of anilines is 2. The number of halogens is 1. The van der Waals surface area contributed by atoms with Gasteiger partial charge >= 0.3 is 0 Å². The lowest BCUT2D eigenvalue weighted by molar-refractivity contribution is 0.0642. The minimum Gasteiger partial charge on any atom is -0.381 e. The molecule has 3 rings (SSSR count). The fourth-order valence-electron chi connectivity index (χ4n) is 3.38. The van der Waals surface area contributed by atoms with Crippen molar-refractivity contribution in [1.29, 1.82) is 5.26 Å². The van der Waals surface area contributed by atoms with Crippen LogP contribution in [0, 0.1) is 17.2 Å². The lowest BCUT2D eigenvalue weighted by atomic mass is 9.97. The zero-order chi connectivity index (χ0) is 20.8. The van der Waals surface area contributed by atoms with Crippen molar-refractivity contribution in [3.05, 3.63) is 53.2 Å². The first-order valence-corrected chi connectivity index (χ1v) is 10.2. The van der Waals surface area contributed by atoms with E-state index in [1.807, 2.05) is 26.0 Å². The number of nitriles is 1. The summed E-state index contributed by atoms with van der Waals surface area (Å²) in [5.41, 5.74) is 2.42. The summed E-state index contributed by atoms with van der Waals surface area (Å²) >= 11 is 6.49.